The largest absolute Gasteiger partial charge is 0.342 e. The van der Waals surface area contributed by atoms with Gasteiger partial charge in [-0.1, -0.05) is 23.8 Å². The molecule has 0 radical (unpaired) electrons. The molecule has 2 unspecified atom stereocenters. The van der Waals surface area contributed by atoms with E-state index in [-0.39, 0.29) is 12.4 Å². The first-order valence-corrected chi connectivity index (χ1v) is 7.68. The van der Waals surface area contributed by atoms with Gasteiger partial charge in [-0.15, -0.1) is 12.4 Å². The normalized spacial score (nSPS) is 24.4. The van der Waals surface area contributed by atoms with E-state index in [4.69, 9.17) is 0 Å². The van der Waals surface area contributed by atoms with Gasteiger partial charge in [0.15, 0.2) is 0 Å². The Hall–Kier alpha value is -1.06. The summed E-state index contributed by atoms with van der Waals surface area (Å²) in [6, 6.07) is 6.38. The molecule has 2 heterocycles. The second-order valence-electron chi connectivity index (χ2n) is 6.41. The molecule has 0 bridgehead atoms. The van der Waals surface area contributed by atoms with Gasteiger partial charge < -0.3 is 10.2 Å². The fourth-order valence-corrected chi connectivity index (χ4v) is 3.53. The van der Waals surface area contributed by atoms with Crippen molar-refractivity contribution < 1.29 is 4.79 Å². The minimum atomic E-state index is 0. The minimum Gasteiger partial charge on any atom is -0.342 e. The van der Waals surface area contributed by atoms with Crippen LogP contribution in [0.4, 0.5) is 0 Å². The molecule has 3 nitrogen and oxygen atoms in total. The number of rotatable bonds is 2. The van der Waals surface area contributed by atoms with Gasteiger partial charge in [0.1, 0.15) is 0 Å². The van der Waals surface area contributed by atoms with Crippen molar-refractivity contribution in [3.8, 4) is 0 Å². The molecule has 1 N–H and O–H groups in total. The molecule has 2 aliphatic heterocycles. The van der Waals surface area contributed by atoms with E-state index in [1.807, 2.05) is 0 Å². The summed E-state index contributed by atoms with van der Waals surface area (Å²) in [5, 5.41) is 3.45. The molecule has 1 aromatic rings. The zero-order chi connectivity index (χ0) is 14.1. The van der Waals surface area contributed by atoms with Crippen molar-refractivity contribution in [2.45, 2.75) is 26.7 Å². The van der Waals surface area contributed by atoms with Crippen molar-refractivity contribution in [2.24, 2.45) is 11.8 Å². The second kappa shape index (κ2) is 6.80. The fourth-order valence-electron chi connectivity index (χ4n) is 3.53. The number of nitrogens with one attached hydrogen (secondary N) is 1. The molecule has 2 aliphatic rings. The number of hydrogen-bond acceptors (Lipinski definition) is 2. The summed E-state index contributed by atoms with van der Waals surface area (Å²) in [5.74, 6) is 1.76. The second-order valence-corrected chi connectivity index (χ2v) is 6.41. The third kappa shape index (κ3) is 3.58. The molecule has 2 atom stereocenters. The highest BCUT2D eigenvalue weighted by Gasteiger charge is 2.34. The first kappa shape index (κ1) is 16.3. The zero-order valence-electron chi connectivity index (χ0n) is 12.9. The highest BCUT2D eigenvalue weighted by molar-refractivity contribution is 5.85. The van der Waals surface area contributed by atoms with Crippen LogP contribution in [-0.4, -0.2) is 37.0 Å². The molecule has 0 spiro atoms. The van der Waals surface area contributed by atoms with Crippen LogP contribution >= 0.6 is 12.4 Å². The van der Waals surface area contributed by atoms with E-state index in [0.717, 1.165) is 38.5 Å². The fraction of sp³-hybridized carbons (Fsp3) is 0.588. The first-order chi connectivity index (χ1) is 9.63. The van der Waals surface area contributed by atoms with Gasteiger partial charge in [0, 0.05) is 13.1 Å². The number of hydrogen-bond donors (Lipinski definition) is 1. The molecule has 2 saturated heterocycles. The van der Waals surface area contributed by atoms with Crippen LogP contribution in [0.1, 0.15) is 23.1 Å². The van der Waals surface area contributed by atoms with Crippen molar-refractivity contribution >= 4 is 18.3 Å². The van der Waals surface area contributed by atoms with E-state index in [1.165, 1.54) is 16.7 Å². The molecular weight excluding hydrogens is 284 g/mol. The summed E-state index contributed by atoms with van der Waals surface area (Å²) in [4.78, 5) is 14.6. The maximum Gasteiger partial charge on any atom is 0.227 e. The number of halogens is 1. The number of piperidine rings is 1. The van der Waals surface area contributed by atoms with Gasteiger partial charge >= 0.3 is 0 Å². The van der Waals surface area contributed by atoms with E-state index in [2.05, 4.69) is 42.3 Å². The Morgan fingerprint density at radius 3 is 2.86 bits per heavy atom. The van der Waals surface area contributed by atoms with E-state index in [9.17, 15) is 4.79 Å². The van der Waals surface area contributed by atoms with Gasteiger partial charge in [-0.2, -0.15) is 0 Å². The Balaban J connectivity index is 0.00000161. The lowest BCUT2D eigenvalue weighted by Gasteiger charge is -2.34. The quantitative estimate of drug-likeness (QED) is 0.909. The van der Waals surface area contributed by atoms with Crippen LogP contribution in [0.5, 0.6) is 0 Å². The number of aryl methyl sites for hydroxylation is 2. The SMILES string of the molecule is Cc1ccc(C)c(CC(=O)N2CCC3CNCC3C2)c1.Cl. The smallest absolute Gasteiger partial charge is 0.227 e. The number of nitrogens with zero attached hydrogens (tertiary/aromatic N) is 1. The van der Waals surface area contributed by atoms with Crippen LogP contribution in [0.2, 0.25) is 0 Å². The minimum absolute atomic E-state index is 0. The van der Waals surface area contributed by atoms with E-state index < -0.39 is 0 Å². The van der Waals surface area contributed by atoms with Crippen LogP contribution in [0.3, 0.4) is 0 Å². The number of benzene rings is 1. The van der Waals surface area contributed by atoms with Crippen molar-refractivity contribution in [2.75, 3.05) is 26.2 Å². The van der Waals surface area contributed by atoms with E-state index in [0.29, 0.717) is 18.2 Å². The van der Waals surface area contributed by atoms with Crippen LogP contribution in [0.15, 0.2) is 18.2 Å². The van der Waals surface area contributed by atoms with Gasteiger partial charge in [-0.25, -0.2) is 0 Å². The molecule has 2 fully saturated rings. The third-order valence-corrected chi connectivity index (χ3v) is 4.90. The van der Waals surface area contributed by atoms with Gasteiger partial charge in [0.2, 0.25) is 5.91 Å². The lowest BCUT2D eigenvalue weighted by molar-refractivity contribution is -0.132. The molecular formula is C17H25ClN2O. The van der Waals surface area contributed by atoms with Crippen molar-refractivity contribution in [3.63, 3.8) is 0 Å². The highest BCUT2D eigenvalue weighted by Crippen LogP contribution is 2.27. The van der Waals surface area contributed by atoms with E-state index >= 15 is 0 Å². The summed E-state index contributed by atoms with van der Waals surface area (Å²) in [6.07, 6.45) is 1.72. The van der Waals surface area contributed by atoms with Gasteiger partial charge in [-0.3, -0.25) is 4.79 Å². The number of likely N-dealkylation sites (tertiary alicyclic amines) is 1. The predicted octanol–water partition coefficient (Wildman–Crippen LogP) is 2.34. The predicted molar refractivity (Wildman–Crippen MR) is 87.9 cm³/mol. The highest BCUT2D eigenvalue weighted by atomic mass is 35.5. The number of carbonyl (C=O) groups excluding carboxylic acids is 1. The summed E-state index contributed by atoms with van der Waals surface area (Å²) in [6.45, 7) is 8.29. The Morgan fingerprint density at radius 1 is 1.29 bits per heavy atom. The van der Waals surface area contributed by atoms with Crippen LogP contribution in [0, 0.1) is 25.7 Å². The Labute approximate surface area is 133 Å². The maximum atomic E-state index is 12.5. The lowest BCUT2D eigenvalue weighted by Crippen LogP contribution is -2.44. The van der Waals surface area contributed by atoms with Crippen LogP contribution in [-0.2, 0) is 11.2 Å². The summed E-state index contributed by atoms with van der Waals surface area (Å²) in [5.41, 5.74) is 3.64. The summed E-state index contributed by atoms with van der Waals surface area (Å²) in [7, 11) is 0. The molecule has 4 heteroatoms. The monoisotopic (exact) mass is 308 g/mol. The lowest BCUT2D eigenvalue weighted by atomic mass is 9.88. The Morgan fingerprint density at radius 2 is 2.05 bits per heavy atom. The Bertz CT molecular complexity index is 518. The number of fused-ring (bicyclic) bond motifs is 1. The molecule has 3 rings (SSSR count). The number of carbonyl (C=O) groups is 1. The van der Waals surface area contributed by atoms with Gasteiger partial charge in [-0.05, 0) is 56.3 Å². The molecule has 116 valence electrons. The average molecular weight is 309 g/mol. The molecule has 1 aromatic carbocycles. The van der Waals surface area contributed by atoms with Gasteiger partial charge in [0.05, 0.1) is 6.42 Å². The van der Waals surface area contributed by atoms with Crippen LogP contribution < -0.4 is 5.32 Å². The standard InChI is InChI=1S/C17H24N2O.ClH/c1-12-3-4-13(2)15(7-12)8-17(20)19-6-5-14-9-18-10-16(14)11-19;/h3-4,7,14,16,18H,5-6,8-11H2,1-2H3;1H. The molecule has 21 heavy (non-hydrogen) atoms. The van der Waals surface area contributed by atoms with Crippen molar-refractivity contribution in [3.05, 3.63) is 34.9 Å². The molecule has 0 aromatic heterocycles. The maximum absolute atomic E-state index is 12.5. The summed E-state index contributed by atoms with van der Waals surface area (Å²) < 4.78 is 0. The Kier molecular flexibility index (Phi) is 5.28. The molecule has 1 amide bonds. The summed E-state index contributed by atoms with van der Waals surface area (Å²) >= 11 is 0. The van der Waals surface area contributed by atoms with Crippen molar-refractivity contribution in [1.29, 1.82) is 0 Å². The van der Waals surface area contributed by atoms with E-state index in [1.54, 1.807) is 0 Å². The topological polar surface area (TPSA) is 32.3 Å². The van der Waals surface area contributed by atoms with Crippen LogP contribution in [0.25, 0.3) is 0 Å². The molecule has 0 saturated carbocycles. The molecule has 0 aliphatic carbocycles. The van der Waals surface area contributed by atoms with Gasteiger partial charge in [0.25, 0.3) is 0 Å². The first-order valence-electron chi connectivity index (χ1n) is 7.68. The number of amides is 1. The van der Waals surface area contributed by atoms with Crippen molar-refractivity contribution in [1.82, 2.24) is 10.2 Å². The third-order valence-electron chi connectivity index (χ3n) is 4.90. The zero-order valence-corrected chi connectivity index (χ0v) is 13.7. The average Bonchev–Trinajstić information content (AvgIpc) is 2.90.